The molecule has 0 bridgehead atoms. The van der Waals surface area contributed by atoms with E-state index in [4.69, 9.17) is 14.2 Å². The van der Waals surface area contributed by atoms with Crippen LogP contribution < -0.4 is 5.32 Å². The molecule has 5 unspecified atom stereocenters. The lowest BCUT2D eigenvalue weighted by atomic mass is 9.95. The van der Waals surface area contributed by atoms with Crippen LogP contribution in [0.3, 0.4) is 0 Å². The van der Waals surface area contributed by atoms with Crippen molar-refractivity contribution in [1.82, 2.24) is 5.32 Å². The first kappa shape index (κ1) is 21.4. The summed E-state index contributed by atoms with van der Waals surface area (Å²) in [7, 11) is 0. The molecule has 0 saturated carbocycles. The van der Waals surface area contributed by atoms with E-state index in [1.165, 1.54) is 0 Å². The standard InChI is InChI=1S/C14H25NO11/c1-4(18)15-7-12(9(20)6(3-17)24-13(7)23)26-14-11(22)10(21)8(19)5(2-16)25-14/h5-14,16-17,19-23H,2-3H2,1H3,(H,15,18)/t5?,6?,7-,8-,9+,10?,11-,12+,13?,14?/m0/s1. The molecular weight excluding hydrogens is 358 g/mol. The monoisotopic (exact) mass is 383 g/mol. The Morgan fingerprint density at radius 1 is 0.923 bits per heavy atom. The summed E-state index contributed by atoms with van der Waals surface area (Å²) in [6.45, 7) is -0.195. The van der Waals surface area contributed by atoms with Gasteiger partial charge in [-0.05, 0) is 0 Å². The number of carbonyl (C=O) groups excluding carboxylic acids is 1. The van der Waals surface area contributed by atoms with Gasteiger partial charge in [-0.2, -0.15) is 0 Å². The molecule has 0 aromatic carbocycles. The van der Waals surface area contributed by atoms with Crippen LogP contribution in [0.1, 0.15) is 6.92 Å². The lowest BCUT2D eigenvalue weighted by molar-refractivity contribution is -0.341. The van der Waals surface area contributed by atoms with Crippen LogP contribution in [-0.4, -0.2) is 116 Å². The molecule has 8 N–H and O–H groups in total. The quantitative estimate of drug-likeness (QED) is 0.226. The van der Waals surface area contributed by atoms with E-state index in [1.807, 2.05) is 0 Å². The predicted molar refractivity (Wildman–Crippen MR) is 80.2 cm³/mol. The van der Waals surface area contributed by atoms with Crippen LogP contribution in [0.25, 0.3) is 0 Å². The van der Waals surface area contributed by atoms with Crippen molar-refractivity contribution in [3.8, 4) is 0 Å². The zero-order chi connectivity index (χ0) is 19.6. The lowest BCUT2D eigenvalue weighted by Gasteiger charge is -2.46. The molecule has 0 aliphatic carbocycles. The van der Waals surface area contributed by atoms with Gasteiger partial charge >= 0.3 is 0 Å². The average Bonchev–Trinajstić information content (AvgIpc) is 2.60. The molecule has 26 heavy (non-hydrogen) atoms. The van der Waals surface area contributed by atoms with Gasteiger partial charge in [0.1, 0.15) is 48.8 Å². The summed E-state index contributed by atoms with van der Waals surface area (Å²) in [5, 5.41) is 70.7. The van der Waals surface area contributed by atoms with Gasteiger partial charge in [-0.25, -0.2) is 0 Å². The number of amides is 1. The molecule has 12 heteroatoms. The van der Waals surface area contributed by atoms with E-state index in [0.717, 1.165) is 6.92 Å². The molecular formula is C14H25NO11. The molecule has 2 aliphatic heterocycles. The topological polar surface area (TPSA) is 198 Å². The van der Waals surface area contributed by atoms with Crippen molar-refractivity contribution in [3.63, 3.8) is 0 Å². The fourth-order valence-electron chi connectivity index (χ4n) is 2.97. The third-order valence-electron chi connectivity index (χ3n) is 4.38. The van der Waals surface area contributed by atoms with Crippen LogP contribution in [0, 0.1) is 0 Å². The molecule has 0 radical (unpaired) electrons. The highest BCUT2D eigenvalue weighted by Gasteiger charge is 2.50. The van der Waals surface area contributed by atoms with Gasteiger partial charge in [-0.1, -0.05) is 0 Å². The molecule has 1 amide bonds. The van der Waals surface area contributed by atoms with Crippen LogP contribution in [0.2, 0.25) is 0 Å². The van der Waals surface area contributed by atoms with Gasteiger partial charge in [0.25, 0.3) is 0 Å². The Labute approximate surface area is 148 Å². The van der Waals surface area contributed by atoms with Crippen LogP contribution >= 0.6 is 0 Å². The highest BCUT2D eigenvalue weighted by Crippen LogP contribution is 2.28. The van der Waals surface area contributed by atoms with Crippen LogP contribution in [-0.2, 0) is 19.0 Å². The Kier molecular flexibility index (Phi) is 7.27. The Hall–Kier alpha value is -0.930. The molecule has 152 valence electrons. The third kappa shape index (κ3) is 4.31. The third-order valence-corrected chi connectivity index (χ3v) is 4.38. The lowest BCUT2D eigenvalue weighted by Crippen LogP contribution is -2.67. The SMILES string of the molecule is CC(=O)N[C@@H]1C(O)OC(CO)[C@@H](O)[C@@H]1OC1OC(CO)[C@H](O)C(O)[C@@H]1O. The summed E-state index contributed by atoms with van der Waals surface area (Å²) in [6, 6.07) is -1.28. The molecule has 2 rings (SSSR count). The minimum Gasteiger partial charge on any atom is -0.394 e. The van der Waals surface area contributed by atoms with Crippen LogP contribution in [0.4, 0.5) is 0 Å². The van der Waals surface area contributed by atoms with Crippen molar-refractivity contribution >= 4 is 5.91 Å². The van der Waals surface area contributed by atoms with Gasteiger partial charge in [0.05, 0.1) is 13.2 Å². The van der Waals surface area contributed by atoms with E-state index >= 15 is 0 Å². The van der Waals surface area contributed by atoms with Gasteiger partial charge < -0.3 is 55.3 Å². The predicted octanol–water partition coefficient (Wildman–Crippen LogP) is -5.25. The average molecular weight is 383 g/mol. The first-order chi connectivity index (χ1) is 12.2. The van der Waals surface area contributed by atoms with Crippen molar-refractivity contribution in [1.29, 1.82) is 0 Å². The minimum absolute atomic E-state index is 0.574. The van der Waals surface area contributed by atoms with Crippen LogP contribution in [0.15, 0.2) is 0 Å². The van der Waals surface area contributed by atoms with E-state index in [0.29, 0.717) is 0 Å². The van der Waals surface area contributed by atoms with E-state index in [1.54, 1.807) is 0 Å². The largest absolute Gasteiger partial charge is 0.394 e. The smallest absolute Gasteiger partial charge is 0.217 e. The molecule has 0 spiro atoms. The van der Waals surface area contributed by atoms with Crippen molar-refractivity contribution < 1.29 is 54.8 Å². The maximum absolute atomic E-state index is 11.4. The summed E-state index contributed by atoms with van der Waals surface area (Å²) in [6.07, 6.45) is -13.7. The Morgan fingerprint density at radius 3 is 2.04 bits per heavy atom. The van der Waals surface area contributed by atoms with Crippen molar-refractivity contribution in [2.45, 2.75) is 68.3 Å². The van der Waals surface area contributed by atoms with Gasteiger partial charge in [0.15, 0.2) is 12.6 Å². The number of carbonyl (C=O) groups is 1. The Morgan fingerprint density at radius 2 is 1.50 bits per heavy atom. The number of nitrogens with one attached hydrogen (secondary N) is 1. The highest BCUT2D eigenvalue weighted by atomic mass is 16.7. The zero-order valence-electron chi connectivity index (χ0n) is 14.0. The van der Waals surface area contributed by atoms with E-state index in [2.05, 4.69) is 5.32 Å². The first-order valence-corrected chi connectivity index (χ1v) is 8.06. The first-order valence-electron chi connectivity index (χ1n) is 8.06. The second-order valence-corrected chi connectivity index (χ2v) is 6.26. The molecule has 0 aromatic rings. The van der Waals surface area contributed by atoms with Crippen molar-refractivity contribution in [2.24, 2.45) is 0 Å². The van der Waals surface area contributed by atoms with E-state index in [9.17, 15) is 40.5 Å². The maximum atomic E-state index is 11.4. The van der Waals surface area contributed by atoms with E-state index < -0.39 is 80.5 Å². The number of aliphatic hydroxyl groups excluding tert-OH is 7. The fraction of sp³-hybridized carbons (Fsp3) is 0.929. The van der Waals surface area contributed by atoms with Gasteiger partial charge in [0, 0.05) is 6.92 Å². The second kappa shape index (κ2) is 8.84. The Bertz CT molecular complexity index is 478. The molecule has 2 aliphatic rings. The maximum Gasteiger partial charge on any atom is 0.217 e. The number of rotatable bonds is 5. The van der Waals surface area contributed by atoms with Gasteiger partial charge in [0.2, 0.25) is 5.91 Å². The second-order valence-electron chi connectivity index (χ2n) is 6.26. The highest BCUT2D eigenvalue weighted by molar-refractivity contribution is 5.73. The summed E-state index contributed by atoms with van der Waals surface area (Å²) >= 11 is 0. The summed E-state index contributed by atoms with van der Waals surface area (Å²) in [5.41, 5.74) is 0. The number of hydrogen-bond donors (Lipinski definition) is 8. The zero-order valence-corrected chi connectivity index (χ0v) is 14.0. The molecule has 0 aromatic heterocycles. The van der Waals surface area contributed by atoms with Crippen molar-refractivity contribution in [2.75, 3.05) is 13.2 Å². The van der Waals surface area contributed by atoms with E-state index in [-0.39, 0.29) is 0 Å². The molecule has 2 fully saturated rings. The van der Waals surface area contributed by atoms with Gasteiger partial charge in [-0.3, -0.25) is 4.79 Å². The van der Waals surface area contributed by atoms with Crippen LogP contribution in [0.5, 0.6) is 0 Å². The summed E-state index contributed by atoms with van der Waals surface area (Å²) in [5.74, 6) is -0.574. The summed E-state index contributed by atoms with van der Waals surface area (Å²) in [4.78, 5) is 11.4. The number of hydrogen-bond acceptors (Lipinski definition) is 11. The number of ether oxygens (including phenoxy) is 3. The Balaban J connectivity index is 2.21. The molecule has 2 heterocycles. The molecule has 10 atom stereocenters. The van der Waals surface area contributed by atoms with Crippen molar-refractivity contribution in [3.05, 3.63) is 0 Å². The molecule has 12 nitrogen and oxygen atoms in total. The normalized spacial score (nSPS) is 46.8. The number of aliphatic hydroxyl groups is 7. The minimum atomic E-state index is -1.74. The van der Waals surface area contributed by atoms with Gasteiger partial charge in [-0.15, -0.1) is 0 Å². The molecule has 2 saturated heterocycles. The summed E-state index contributed by atoms with van der Waals surface area (Å²) < 4.78 is 15.7. The fourth-order valence-corrected chi connectivity index (χ4v) is 2.97.